The number of benzene rings is 1. The van der Waals surface area contributed by atoms with E-state index in [4.69, 9.17) is 4.52 Å². The number of fused-ring (bicyclic) bond motifs is 2. The van der Waals surface area contributed by atoms with Crippen LogP contribution in [-0.2, 0) is 19.3 Å². The van der Waals surface area contributed by atoms with Gasteiger partial charge < -0.3 is 9.84 Å². The molecule has 5 rings (SSSR count). The fourth-order valence-corrected chi connectivity index (χ4v) is 4.36. The summed E-state index contributed by atoms with van der Waals surface area (Å²) in [6, 6.07) is 3.20. The Balaban J connectivity index is 1.42. The minimum atomic E-state index is -0.670. The zero-order valence-corrected chi connectivity index (χ0v) is 15.8. The zero-order chi connectivity index (χ0) is 20.0. The topological polar surface area (TPSA) is 73.0 Å². The van der Waals surface area contributed by atoms with Gasteiger partial charge in [0.1, 0.15) is 17.3 Å². The third-order valence-electron chi connectivity index (χ3n) is 5.79. The van der Waals surface area contributed by atoms with Gasteiger partial charge >= 0.3 is 0 Å². The number of aryl methyl sites for hydroxylation is 1. The summed E-state index contributed by atoms with van der Waals surface area (Å²) >= 11 is 0. The number of halogens is 2. The largest absolute Gasteiger partial charge is 0.360 e. The molecule has 6 nitrogen and oxygen atoms in total. The lowest BCUT2D eigenvalue weighted by Gasteiger charge is -2.24. The van der Waals surface area contributed by atoms with E-state index in [2.05, 4.69) is 15.6 Å². The number of nitrogens with one attached hydrogen (secondary N) is 1. The van der Waals surface area contributed by atoms with E-state index >= 15 is 0 Å². The molecule has 0 aliphatic heterocycles. The molecule has 150 valence electrons. The van der Waals surface area contributed by atoms with E-state index in [1.54, 1.807) is 6.20 Å². The van der Waals surface area contributed by atoms with Gasteiger partial charge in [0.15, 0.2) is 11.5 Å². The van der Waals surface area contributed by atoms with Crippen LogP contribution in [0.4, 0.5) is 8.78 Å². The molecule has 29 heavy (non-hydrogen) atoms. The Hall–Kier alpha value is -3.03. The molecule has 0 bridgehead atoms. The van der Waals surface area contributed by atoms with Gasteiger partial charge in [-0.2, -0.15) is 5.10 Å². The number of amides is 1. The summed E-state index contributed by atoms with van der Waals surface area (Å²) in [5.41, 5.74) is 3.16. The maximum Gasteiger partial charge on any atom is 0.274 e. The van der Waals surface area contributed by atoms with Crippen LogP contribution in [0.5, 0.6) is 0 Å². The number of hydrogen-bond donors (Lipinski definition) is 1. The van der Waals surface area contributed by atoms with Gasteiger partial charge in [0.05, 0.1) is 12.2 Å². The third-order valence-corrected chi connectivity index (χ3v) is 5.79. The molecule has 2 aromatic heterocycles. The lowest BCUT2D eigenvalue weighted by molar-refractivity contribution is 0.0922. The second-order valence-electron chi connectivity index (χ2n) is 7.61. The summed E-state index contributed by atoms with van der Waals surface area (Å²) < 4.78 is 34.4. The molecule has 1 atom stereocenters. The molecule has 2 aliphatic rings. The lowest BCUT2D eigenvalue weighted by atomic mass is 9.92. The van der Waals surface area contributed by atoms with Gasteiger partial charge in [-0.1, -0.05) is 5.16 Å². The molecule has 1 amide bonds. The molecule has 0 saturated carbocycles. The van der Waals surface area contributed by atoms with Crippen LogP contribution >= 0.6 is 0 Å². The third kappa shape index (κ3) is 3.12. The summed E-state index contributed by atoms with van der Waals surface area (Å²) in [4.78, 5) is 12.9. The van der Waals surface area contributed by atoms with E-state index in [-0.39, 0.29) is 17.6 Å². The molecule has 2 aliphatic carbocycles. The second-order valence-corrected chi connectivity index (χ2v) is 7.61. The van der Waals surface area contributed by atoms with E-state index in [9.17, 15) is 13.6 Å². The summed E-state index contributed by atoms with van der Waals surface area (Å²) in [6.07, 6.45) is 7.64. The van der Waals surface area contributed by atoms with E-state index in [1.165, 1.54) is 16.8 Å². The first-order valence-corrected chi connectivity index (χ1v) is 9.92. The molecule has 0 saturated heterocycles. The minimum Gasteiger partial charge on any atom is -0.360 e. The number of rotatable bonds is 3. The summed E-state index contributed by atoms with van der Waals surface area (Å²) in [5.74, 6) is -0.745. The van der Waals surface area contributed by atoms with Crippen LogP contribution in [0.3, 0.4) is 0 Å². The Morgan fingerprint density at radius 1 is 1.17 bits per heavy atom. The highest BCUT2D eigenvalue weighted by atomic mass is 19.1. The number of aromatic nitrogens is 3. The van der Waals surface area contributed by atoms with E-state index in [0.717, 1.165) is 67.2 Å². The Morgan fingerprint density at radius 3 is 2.90 bits per heavy atom. The standard InChI is InChI=1S/C21H20F2N4O2/c22-12-8-9-18(15(23)10-12)27-17-6-3-5-16(14(17)11-24-27)25-21(28)20-13-4-1-2-7-19(13)29-26-20/h8-11,16H,1-7H2,(H,25,28)/t16-/m0/s1. The van der Waals surface area contributed by atoms with Crippen LogP contribution < -0.4 is 5.32 Å². The summed E-state index contributed by atoms with van der Waals surface area (Å²) in [5, 5.41) is 11.4. The van der Waals surface area contributed by atoms with Crippen LogP contribution in [0, 0.1) is 11.6 Å². The molecule has 3 aromatic rings. The highest BCUT2D eigenvalue weighted by Gasteiger charge is 2.30. The molecule has 0 spiro atoms. The van der Waals surface area contributed by atoms with E-state index in [0.29, 0.717) is 12.1 Å². The molecule has 0 unspecified atom stereocenters. The highest BCUT2D eigenvalue weighted by Crippen LogP contribution is 2.32. The Morgan fingerprint density at radius 2 is 2.03 bits per heavy atom. The van der Waals surface area contributed by atoms with Crippen LogP contribution in [0.2, 0.25) is 0 Å². The molecule has 1 N–H and O–H groups in total. The van der Waals surface area contributed by atoms with Gasteiger partial charge in [-0.25, -0.2) is 13.5 Å². The Kier molecular flexibility index (Phi) is 4.41. The fourth-order valence-electron chi connectivity index (χ4n) is 4.36. The Bertz CT molecular complexity index is 1090. The molecule has 8 heteroatoms. The van der Waals surface area contributed by atoms with Crippen molar-refractivity contribution in [1.29, 1.82) is 0 Å². The van der Waals surface area contributed by atoms with Crippen molar-refractivity contribution in [1.82, 2.24) is 20.3 Å². The smallest absolute Gasteiger partial charge is 0.274 e. The summed E-state index contributed by atoms with van der Waals surface area (Å²) in [7, 11) is 0. The van der Waals surface area contributed by atoms with Crippen molar-refractivity contribution in [2.75, 3.05) is 0 Å². The highest BCUT2D eigenvalue weighted by molar-refractivity contribution is 5.94. The lowest BCUT2D eigenvalue weighted by Crippen LogP contribution is -2.32. The number of carbonyl (C=O) groups is 1. The average molecular weight is 398 g/mol. The predicted octanol–water partition coefficient (Wildman–Crippen LogP) is 3.82. The number of carbonyl (C=O) groups excluding carboxylic acids is 1. The van der Waals surface area contributed by atoms with Crippen molar-refractivity contribution < 1.29 is 18.1 Å². The predicted molar refractivity (Wildman–Crippen MR) is 99.8 cm³/mol. The SMILES string of the molecule is O=C(N[C@H]1CCCc2c1cnn2-c1ccc(F)cc1F)c1noc2c1CCCC2. The first-order chi connectivity index (χ1) is 14.1. The summed E-state index contributed by atoms with van der Waals surface area (Å²) in [6.45, 7) is 0. The first kappa shape index (κ1) is 18.0. The van der Waals surface area contributed by atoms with Crippen molar-refractivity contribution in [2.24, 2.45) is 0 Å². The molecule has 0 radical (unpaired) electrons. The molecular weight excluding hydrogens is 378 g/mol. The van der Waals surface area contributed by atoms with Crippen molar-refractivity contribution in [3.05, 3.63) is 64.3 Å². The van der Waals surface area contributed by atoms with Gasteiger partial charge in [-0.3, -0.25) is 4.79 Å². The first-order valence-electron chi connectivity index (χ1n) is 9.92. The van der Waals surface area contributed by atoms with Crippen molar-refractivity contribution in [3.8, 4) is 5.69 Å². The maximum atomic E-state index is 14.2. The maximum absolute atomic E-state index is 14.2. The van der Waals surface area contributed by atoms with Gasteiger partial charge in [0.25, 0.3) is 5.91 Å². The monoisotopic (exact) mass is 398 g/mol. The average Bonchev–Trinajstić information content (AvgIpc) is 3.33. The van der Waals surface area contributed by atoms with Gasteiger partial charge in [0.2, 0.25) is 0 Å². The van der Waals surface area contributed by atoms with Gasteiger partial charge in [-0.05, 0) is 50.7 Å². The van der Waals surface area contributed by atoms with Gasteiger partial charge in [-0.15, -0.1) is 0 Å². The molecule has 2 heterocycles. The van der Waals surface area contributed by atoms with Crippen LogP contribution in [0.1, 0.15) is 64.8 Å². The number of hydrogen-bond acceptors (Lipinski definition) is 4. The second kappa shape index (κ2) is 7.09. The van der Waals surface area contributed by atoms with Crippen molar-refractivity contribution in [3.63, 3.8) is 0 Å². The van der Waals surface area contributed by atoms with Crippen LogP contribution in [0.25, 0.3) is 5.69 Å². The van der Waals surface area contributed by atoms with Gasteiger partial charge in [0, 0.05) is 29.3 Å². The van der Waals surface area contributed by atoms with Crippen molar-refractivity contribution in [2.45, 2.75) is 51.0 Å². The molecule has 0 fully saturated rings. The number of nitrogens with zero attached hydrogens (tertiary/aromatic N) is 3. The zero-order valence-electron chi connectivity index (χ0n) is 15.8. The normalized spacial score (nSPS) is 18.2. The van der Waals surface area contributed by atoms with Crippen LogP contribution in [-0.4, -0.2) is 20.8 Å². The molecular formula is C21H20F2N4O2. The fraction of sp³-hybridized carbons (Fsp3) is 0.381. The van der Waals surface area contributed by atoms with Crippen LogP contribution in [0.15, 0.2) is 28.9 Å². The minimum absolute atomic E-state index is 0.199. The van der Waals surface area contributed by atoms with E-state index < -0.39 is 11.6 Å². The van der Waals surface area contributed by atoms with E-state index in [1.807, 2.05) is 0 Å². The van der Waals surface area contributed by atoms with Crippen molar-refractivity contribution >= 4 is 5.91 Å². The quantitative estimate of drug-likeness (QED) is 0.728. The molecule has 1 aromatic carbocycles. The Labute approximate surface area is 165 Å².